The summed E-state index contributed by atoms with van der Waals surface area (Å²) >= 11 is 1.32. The highest BCUT2D eigenvalue weighted by Crippen LogP contribution is 2.39. The summed E-state index contributed by atoms with van der Waals surface area (Å²) in [6.45, 7) is 1.40. The smallest absolute Gasteiger partial charge is 0.257 e. The zero-order valence-electron chi connectivity index (χ0n) is 17.9. The summed E-state index contributed by atoms with van der Waals surface area (Å²) in [5.41, 5.74) is 1.91. The lowest BCUT2D eigenvalue weighted by Gasteiger charge is -2.15. The molecule has 1 unspecified atom stereocenters. The number of carbonyl (C=O) groups is 3. The second kappa shape index (κ2) is 9.37. The molecule has 1 aliphatic rings. The standard InChI is InChI=1S/C23H21FN4O4S/c1-12(29)25-15-7-9-18(32-2)17(11-15)26-22(31)16-8-10-19-20(16)27-23(33-19)28-21(30)13-3-5-14(24)6-4-13/h3-7,9,11,16H,8,10H2,1-2H3,(H,25,29)(H,26,31)(H,27,28,30). The van der Waals surface area contributed by atoms with Gasteiger partial charge in [0.05, 0.1) is 24.4 Å². The number of nitrogens with one attached hydrogen (secondary N) is 3. The lowest BCUT2D eigenvalue weighted by molar-refractivity contribution is -0.117. The van der Waals surface area contributed by atoms with Crippen LogP contribution in [0.2, 0.25) is 0 Å². The molecule has 0 spiro atoms. The molecule has 1 aliphatic carbocycles. The Morgan fingerprint density at radius 2 is 1.85 bits per heavy atom. The van der Waals surface area contributed by atoms with Crippen LogP contribution in [0.1, 0.15) is 40.2 Å². The van der Waals surface area contributed by atoms with E-state index < -0.39 is 17.6 Å². The first-order valence-electron chi connectivity index (χ1n) is 10.2. The third kappa shape index (κ3) is 5.01. The number of thiazole rings is 1. The van der Waals surface area contributed by atoms with E-state index in [-0.39, 0.29) is 11.8 Å². The molecule has 0 aliphatic heterocycles. The Morgan fingerprint density at radius 3 is 2.55 bits per heavy atom. The second-order valence-corrected chi connectivity index (χ2v) is 8.55. The average molecular weight is 469 g/mol. The van der Waals surface area contributed by atoms with Crippen LogP contribution in [0.5, 0.6) is 5.75 Å². The minimum Gasteiger partial charge on any atom is -0.495 e. The van der Waals surface area contributed by atoms with Crippen molar-refractivity contribution in [2.45, 2.75) is 25.7 Å². The molecule has 0 fully saturated rings. The first-order valence-corrected chi connectivity index (χ1v) is 11.0. The first kappa shape index (κ1) is 22.4. The molecule has 4 rings (SSSR count). The number of anilines is 3. The molecule has 3 aromatic rings. The number of rotatable bonds is 6. The molecule has 0 saturated heterocycles. The number of fused-ring (bicyclic) bond motifs is 1. The predicted molar refractivity (Wildman–Crippen MR) is 123 cm³/mol. The number of nitrogens with zero attached hydrogens (tertiary/aromatic N) is 1. The molecule has 2 aromatic carbocycles. The number of benzene rings is 2. The number of halogens is 1. The van der Waals surface area contributed by atoms with Crippen molar-refractivity contribution in [3.63, 3.8) is 0 Å². The second-order valence-electron chi connectivity index (χ2n) is 7.47. The maximum atomic E-state index is 13.1. The van der Waals surface area contributed by atoms with Crippen LogP contribution in [0.15, 0.2) is 42.5 Å². The van der Waals surface area contributed by atoms with Crippen molar-refractivity contribution in [1.82, 2.24) is 4.98 Å². The summed E-state index contributed by atoms with van der Waals surface area (Å²) in [4.78, 5) is 42.2. The number of aromatic nitrogens is 1. The van der Waals surface area contributed by atoms with E-state index in [2.05, 4.69) is 20.9 Å². The number of hydrogen-bond acceptors (Lipinski definition) is 6. The van der Waals surface area contributed by atoms with Crippen molar-refractivity contribution in [1.29, 1.82) is 0 Å². The number of hydrogen-bond donors (Lipinski definition) is 3. The quantitative estimate of drug-likeness (QED) is 0.503. The molecule has 0 radical (unpaired) electrons. The summed E-state index contributed by atoms with van der Waals surface area (Å²) in [6.07, 6.45) is 1.26. The SMILES string of the molecule is COc1ccc(NC(C)=O)cc1NC(=O)C1CCc2sc(NC(=O)c3ccc(F)cc3)nc21. The van der Waals surface area contributed by atoms with Crippen LogP contribution in [-0.2, 0) is 16.0 Å². The van der Waals surface area contributed by atoms with Crippen LogP contribution >= 0.6 is 11.3 Å². The highest BCUT2D eigenvalue weighted by molar-refractivity contribution is 7.16. The number of methoxy groups -OCH3 is 1. The number of amides is 3. The van der Waals surface area contributed by atoms with Crippen LogP contribution in [0, 0.1) is 5.82 Å². The van der Waals surface area contributed by atoms with Gasteiger partial charge < -0.3 is 15.4 Å². The molecular formula is C23H21FN4O4S. The van der Waals surface area contributed by atoms with E-state index in [0.29, 0.717) is 46.4 Å². The summed E-state index contributed by atoms with van der Waals surface area (Å²) < 4.78 is 18.4. The van der Waals surface area contributed by atoms with Gasteiger partial charge in [-0.25, -0.2) is 9.37 Å². The predicted octanol–water partition coefficient (Wildman–Crippen LogP) is 4.17. The fourth-order valence-electron chi connectivity index (χ4n) is 3.61. The zero-order chi connectivity index (χ0) is 23.5. The zero-order valence-corrected chi connectivity index (χ0v) is 18.7. The van der Waals surface area contributed by atoms with Crippen molar-refractivity contribution >= 4 is 45.6 Å². The van der Waals surface area contributed by atoms with Gasteiger partial charge in [0, 0.05) is 23.1 Å². The van der Waals surface area contributed by atoms with E-state index in [1.54, 1.807) is 18.2 Å². The molecule has 10 heteroatoms. The van der Waals surface area contributed by atoms with Gasteiger partial charge in [0.2, 0.25) is 11.8 Å². The van der Waals surface area contributed by atoms with Gasteiger partial charge in [-0.2, -0.15) is 0 Å². The minimum atomic E-state index is -0.484. The Balaban J connectivity index is 1.48. The third-order valence-electron chi connectivity index (χ3n) is 5.14. The van der Waals surface area contributed by atoms with E-state index in [4.69, 9.17) is 4.74 Å². The van der Waals surface area contributed by atoms with E-state index in [9.17, 15) is 18.8 Å². The normalized spacial score (nSPS) is 14.3. The molecule has 8 nitrogen and oxygen atoms in total. The molecule has 1 aromatic heterocycles. The summed E-state index contributed by atoms with van der Waals surface area (Å²) in [7, 11) is 1.49. The molecule has 0 bridgehead atoms. The molecular weight excluding hydrogens is 447 g/mol. The minimum absolute atomic E-state index is 0.226. The van der Waals surface area contributed by atoms with Crippen LogP contribution in [0.4, 0.5) is 20.9 Å². The Bertz CT molecular complexity index is 1230. The molecule has 170 valence electrons. The molecule has 1 heterocycles. The number of ether oxygens (including phenoxy) is 1. The van der Waals surface area contributed by atoms with Gasteiger partial charge in [0.25, 0.3) is 5.91 Å². The number of aryl methyl sites for hydroxylation is 1. The average Bonchev–Trinajstić information content (AvgIpc) is 3.34. The van der Waals surface area contributed by atoms with Gasteiger partial charge in [0.15, 0.2) is 5.13 Å². The topological polar surface area (TPSA) is 109 Å². The molecule has 0 saturated carbocycles. The summed E-state index contributed by atoms with van der Waals surface area (Å²) in [5, 5.41) is 8.64. The van der Waals surface area contributed by atoms with Gasteiger partial charge in [-0.3, -0.25) is 19.7 Å². The monoisotopic (exact) mass is 468 g/mol. The van der Waals surface area contributed by atoms with Crippen molar-refractivity contribution in [3.05, 3.63) is 64.4 Å². The van der Waals surface area contributed by atoms with Crippen molar-refractivity contribution in [2.75, 3.05) is 23.1 Å². The Morgan fingerprint density at radius 1 is 1.09 bits per heavy atom. The molecule has 3 N–H and O–H groups in total. The highest BCUT2D eigenvalue weighted by atomic mass is 32.1. The van der Waals surface area contributed by atoms with E-state index >= 15 is 0 Å². The van der Waals surface area contributed by atoms with E-state index in [1.165, 1.54) is 49.6 Å². The molecule has 3 amide bonds. The van der Waals surface area contributed by atoms with Gasteiger partial charge in [-0.05, 0) is 55.3 Å². The van der Waals surface area contributed by atoms with Gasteiger partial charge in [0.1, 0.15) is 11.6 Å². The fraction of sp³-hybridized carbons (Fsp3) is 0.217. The lowest BCUT2D eigenvalue weighted by Crippen LogP contribution is -2.20. The third-order valence-corrected chi connectivity index (χ3v) is 6.19. The first-order chi connectivity index (χ1) is 15.8. The highest BCUT2D eigenvalue weighted by Gasteiger charge is 2.33. The Hall–Kier alpha value is -3.79. The lowest BCUT2D eigenvalue weighted by atomic mass is 10.1. The van der Waals surface area contributed by atoms with E-state index in [0.717, 1.165) is 4.88 Å². The van der Waals surface area contributed by atoms with Crippen LogP contribution in [0.25, 0.3) is 0 Å². The summed E-state index contributed by atoms with van der Waals surface area (Å²) in [6, 6.07) is 10.2. The van der Waals surface area contributed by atoms with Crippen molar-refractivity contribution in [2.24, 2.45) is 0 Å². The van der Waals surface area contributed by atoms with Crippen molar-refractivity contribution < 1.29 is 23.5 Å². The van der Waals surface area contributed by atoms with Gasteiger partial charge >= 0.3 is 0 Å². The maximum Gasteiger partial charge on any atom is 0.257 e. The maximum absolute atomic E-state index is 13.1. The van der Waals surface area contributed by atoms with Crippen LogP contribution < -0.4 is 20.7 Å². The largest absolute Gasteiger partial charge is 0.495 e. The fourth-order valence-corrected chi connectivity index (χ4v) is 4.65. The Labute approximate surface area is 193 Å². The number of carbonyl (C=O) groups excluding carboxylic acids is 3. The van der Waals surface area contributed by atoms with Crippen LogP contribution in [-0.4, -0.2) is 29.8 Å². The Kier molecular flexibility index (Phi) is 6.36. The summed E-state index contributed by atoms with van der Waals surface area (Å²) in [5.74, 6) is -1.33. The molecule has 1 atom stereocenters. The van der Waals surface area contributed by atoms with Crippen LogP contribution in [0.3, 0.4) is 0 Å². The van der Waals surface area contributed by atoms with Gasteiger partial charge in [-0.1, -0.05) is 0 Å². The molecule has 33 heavy (non-hydrogen) atoms. The van der Waals surface area contributed by atoms with Gasteiger partial charge in [-0.15, -0.1) is 11.3 Å². The van der Waals surface area contributed by atoms with Crippen molar-refractivity contribution in [3.8, 4) is 5.75 Å². The van der Waals surface area contributed by atoms with E-state index in [1.807, 2.05) is 0 Å².